The summed E-state index contributed by atoms with van der Waals surface area (Å²) in [5.41, 5.74) is 1.28. The van der Waals surface area contributed by atoms with Gasteiger partial charge in [0.1, 0.15) is 11.6 Å². The smallest absolute Gasteiger partial charge is 0.748 e. The van der Waals surface area contributed by atoms with Crippen LogP contribution in [-0.2, 0) is 10.1 Å². The van der Waals surface area contributed by atoms with Gasteiger partial charge in [-0.05, 0) is 32.0 Å². The van der Waals surface area contributed by atoms with Crippen molar-refractivity contribution < 1.29 is 74.6 Å². The molecule has 37 heavy (non-hydrogen) atoms. The molecule has 0 bridgehead atoms. The second-order valence-electron chi connectivity index (χ2n) is 7.49. The third-order valence-electron chi connectivity index (χ3n) is 4.52. The van der Waals surface area contributed by atoms with E-state index < -0.39 is 15.9 Å². The van der Waals surface area contributed by atoms with E-state index in [0.29, 0.717) is 29.0 Å². The molecule has 1 aromatic carbocycles. The van der Waals surface area contributed by atoms with E-state index in [0.717, 1.165) is 0 Å². The Morgan fingerprint density at radius 2 is 1.41 bits per heavy atom. The Kier molecular flexibility index (Phi) is 12.4. The van der Waals surface area contributed by atoms with E-state index in [-0.39, 0.29) is 102 Å². The second kappa shape index (κ2) is 14.7. The van der Waals surface area contributed by atoms with Crippen LogP contribution in [0.25, 0.3) is 0 Å². The summed E-state index contributed by atoms with van der Waals surface area (Å²) in [6.45, 7) is 3.19. The molecule has 0 amide bonds. The summed E-state index contributed by atoms with van der Waals surface area (Å²) in [5.74, 6) is 1.15. The van der Waals surface area contributed by atoms with Gasteiger partial charge in [0.05, 0.1) is 29.1 Å². The molecule has 0 atom stereocenters. The number of nitrogens with zero attached hydrogens (tertiary/aromatic N) is 7. The molecular weight excluding hydrogens is 531 g/mol. The van der Waals surface area contributed by atoms with E-state index in [9.17, 15) is 23.2 Å². The molecule has 0 fully saturated rings. The van der Waals surface area contributed by atoms with Crippen LogP contribution in [0.1, 0.15) is 11.6 Å². The molecule has 5 N–H and O–H groups in total. The van der Waals surface area contributed by atoms with Gasteiger partial charge in [-0.15, -0.1) is 0 Å². The molecule has 0 saturated carbocycles. The second-order valence-corrected chi connectivity index (χ2v) is 9.01. The van der Waals surface area contributed by atoms with Crippen LogP contribution in [0.15, 0.2) is 24.3 Å². The van der Waals surface area contributed by atoms with E-state index in [4.69, 9.17) is 0 Å². The monoisotopic (exact) mass is 558 g/mol. The van der Waals surface area contributed by atoms with Crippen molar-refractivity contribution in [1.82, 2.24) is 29.9 Å². The van der Waals surface area contributed by atoms with E-state index in [1.807, 2.05) is 6.07 Å². The van der Waals surface area contributed by atoms with Crippen molar-refractivity contribution in [2.24, 2.45) is 0 Å². The summed E-state index contributed by atoms with van der Waals surface area (Å²) < 4.78 is 32.8. The van der Waals surface area contributed by atoms with Gasteiger partial charge in [-0.25, -0.2) is 13.4 Å². The van der Waals surface area contributed by atoms with Crippen molar-refractivity contribution in [3.8, 4) is 0 Å². The molecule has 2 aromatic heterocycles. The third kappa shape index (κ3) is 10.7. The molecule has 17 heteroatoms. The molecule has 3 aromatic rings. The topological polar surface area (TPSA) is 214 Å². The van der Waals surface area contributed by atoms with Crippen LogP contribution in [0.3, 0.4) is 0 Å². The normalized spacial score (nSPS) is 10.9. The van der Waals surface area contributed by atoms with Crippen molar-refractivity contribution in [3.05, 3.63) is 35.9 Å². The number of aryl methyl sites for hydroxylation is 2. The van der Waals surface area contributed by atoms with Gasteiger partial charge in [0.25, 0.3) is 0 Å². The van der Waals surface area contributed by atoms with Gasteiger partial charge in [0, 0.05) is 31.0 Å². The first kappa shape index (κ1) is 31.1. The van der Waals surface area contributed by atoms with Crippen LogP contribution < -0.4 is 72.2 Å². The molecule has 2 heterocycles. The average Bonchev–Trinajstić information content (AvgIpc) is 2.77. The van der Waals surface area contributed by atoms with Gasteiger partial charge in [0.2, 0.25) is 23.8 Å². The summed E-state index contributed by atoms with van der Waals surface area (Å²) in [5, 5.41) is 27.6. The van der Waals surface area contributed by atoms with Crippen LogP contribution in [0.2, 0.25) is 0 Å². The van der Waals surface area contributed by atoms with E-state index in [1.165, 1.54) is 4.90 Å². The molecule has 0 saturated heterocycles. The Balaban J connectivity index is 0.00000481. The standard InChI is InChI=1S/C20H28N10O5S.K/c1-13-22-14(2)24-18(23-13)25-15-4-3-5-16(12-15)26-19-27-17(21-6-11-36(33,34)35)28-20(29-19)30(7-9-31)8-10-32;/h3-5,12,31-32H,6-11H2,1-2H3,(H,33,34,35)(H,22,23,24,25)(H2,21,26,27,28,29);/q;+1/p-1. The van der Waals surface area contributed by atoms with Gasteiger partial charge < -0.3 is 35.6 Å². The van der Waals surface area contributed by atoms with Crippen molar-refractivity contribution in [2.45, 2.75) is 13.8 Å². The molecule has 0 aliphatic carbocycles. The van der Waals surface area contributed by atoms with Crippen LogP contribution >= 0.6 is 0 Å². The van der Waals surface area contributed by atoms with Crippen molar-refractivity contribution >= 4 is 45.3 Å². The Labute approximate surface area is 256 Å². The quantitative estimate of drug-likeness (QED) is 0.104. The molecule has 0 unspecified atom stereocenters. The summed E-state index contributed by atoms with van der Waals surface area (Å²) in [6, 6.07) is 7.15. The maximum absolute atomic E-state index is 10.9. The first-order valence-electron chi connectivity index (χ1n) is 10.9. The van der Waals surface area contributed by atoms with Crippen LogP contribution in [0.4, 0.5) is 35.2 Å². The molecule has 0 radical (unpaired) electrons. The number of anilines is 6. The van der Waals surface area contributed by atoms with Gasteiger partial charge in [-0.1, -0.05) is 6.07 Å². The largest absolute Gasteiger partial charge is 1.00 e. The number of aromatic nitrogens is 6. The van der Waals surface area contributed by atoms with Gasteiger partial charge in [-0.2, -0.15) is 24.9 Å². The minimum absolute atomic E-state index is 0. The maximum Gasteiger partial charge on any atom is 1.00 e. The van der Waals surface area contributed by atoms with Gasteiger partial charge in [0.15, 0.2) is 0 Å². The molecule has 15 nitrogen and oxygen atoms in total. The Morgan fingerprint density at radius 3 is 1.95 bits per heavy atom. The van der Waals surface area contributed by atoms with Crippen molar-refractivity contribution in [2.75, 3.05) is 59.5 Å². The number of hydrogen-bond acceptors (Lipinski definition) is 15. The van der Waals surface area contributed by atoms with Crippen LogP contribution in [-0.4, -0.2) is 91.7 Å². The Bertz CT molecular complexity index is 1260. The van der Waals surface area contributed by atoms with Crippen LogP contribution in [0.5, 0.6) is 0 Å². The Hall–Kier alpha value is -2.09. The molecule has 0 spiro atoms. The first-order chi connectivity index (χ1) is 17.1. The fourth-order valence-corrected chi connectivity index (χ4v) is 3.44. The van der Waals surface area contributed by atoms with Gasteiger partial charge in [-0.3, -0.25) is 0 Å². The number of aliphatic hydroxyl groups excluding tert-OH is 2. The average molecular weight is 559 g/mol. The zero-order valence-electron chi connectivity index (χ0n) is 20.7. The first-order valence-corrected chi connectivity index (χ1v) is 12.5. The van der Waals surface area contributed by atoms with Crippen molar-refractivity contribution in [3.63, 3.8) is 0 Å². The van der Waals surface area contributed by atoms with Crippen molar-refractivity contribution in [1.29, 1.82) is 0 Å². The Morgan fingerprint density at radius 1 is 0.865 bits per heavy atom. The zero-order chi connectivity index (χ0) is 26.1. The summed E-state index contributed by atoms with van der Waals surface area (Å²) >= 11 is 0. The predicted octanol–water partition coefficient (Wildman–Crippen LogP) is -3.09. The van der Waals surface area contributed by atoms with Gasteiger partial charge >= 0.3 is 51.4 Å². The number of aliphatic hydroxyl groups is 2. The number of rotatable bonds is 13. The number of hydrogen-bond donors (Lipinski definition) is 5. The van der Waals surface area contributed by atoms with E-state index in [2.05, 4.69) is 45.9 Å². The minimum atomic E-state index is -4.43. The zero-order valence-corrected chi connectivity index (χ0v) is 24.6. The fourth-order valence-electron chi connectivity index (χ4n) is 3.09. The van der Waals surface area contributed by atoms with E-state index >= 15 is 0 Å². The number of benzene rings is 1. The predicted molar refractivity (Wildman–Crippen MR) is 132 cm³/mol. The minimum Gasteiger partial charge on any atom is -0.748 e. The summed E-state index contributed by atoms with van der Waals surface area (Å²) in [6.07, 6.45) is 0. The maximum atomic E-state index is 10.9. The van der Waals surface area contributed by atoms with Crippen LogP contribution in [0, 0.1) is 13.8 Å². The molecule has 0 aliphatic rings. The fraction of sp³-hybridized carbons (Fsp3) is 0.400. The molecule has 194 valence electrons. The third-order valence-corrected chi connectivity index (χ3v) is 5.22. The molecule has 0 aliphatic heterocycles. The number of nitrogens with one attached hydrogen (secondary N) is 3. The molecule has 3 rings (SSSR count). The molecular formula is C20H27KN10O5S. The summed E-state index contributed by atoms with van der Waals surface area (Å²) in [4.78, 5) is 27.0. The summed E-state index contributed by atoms with van der Waals surface area (Å²) in [7, 11) is -4.43. The SMILES string of the molecule is Cc1nc(C)nc(Nc2cccc(Nc3nc(NCCS(=O)(=O)[O-])nc(N(CCO)CCO)n3)c2)n1.[K+]. The van der Waals surface area contributed by atoms with E-state index in [1.54, 1.807) is 32.0 Å².